The fourth-order valence-corrected chi connectivity index (χ4v) is 2.07. The van der Waals surface area contributed by atoms with Crippen molar-refractivity contribution in [2.24, 2.45) is 0 Å². The maximum absolute atomic E-state index is 13.1. The zero-order chi connectivity index (χ0) is 13.8. The Bertz CT molecular complexity index is 586. The normalized spacial score (nSPS) is 10.5. The Kier molecular flexibility index (Phi) is 4.40. The SMILES string of the molecule is CNCc1cccc(Cl)c1Oc1ccc(F)cc1C. The summed E-state index contributed by atoms with van der Waals surface area (Å²) in [6.45, 7) is 2.45. The van der Waals surface area contributed by atoms with Crippen LogP contribution in [-0.2, 0) is 6.54 Å². The van der Waals surface area contributed by atoms with E-state index < -0.39 is 0 Å². The van der Waals surface area contributed by atoms with Crippen molar-refractivity contribution in [2.45, 2.75) is 13.5 Å². The Morgan fingerprint density at radius 2 is 2.05 bits per heavy atom. The van der Waals surface area contributed by atoms with Crippen LogP contribution in [0, 0.1) is 12.7 Å². The van der Waals surface area contributed by atoms with E-state index >= 15 is 0 Å². The molecule has 0 radical (unpaired) electrons. The van der Waals surface area contributed by atoms with Gasteiger partial charge >= 0.3 is 0 Å². The van der Waals surface area contributed by atoms with Crippen molar-refractivity contribution in [1.29, 1.82) is 0 Å². The minimum absolute atomic E-state index is 0.278. The van der Waals surface area contributed by atoms with Gasteiger partial charge in [-0.2, -0.15) is 0 Å². The molecule has 2 rings (SSSR count). The highest BCUT2D eigenvalue weighted by molar-refractivity contribution is 6.32. The Morgan fingerprint density at radius 1 is 1.26 bits per heavy atom. The molecule has 2 aromatic carbocycles. The second-order valence-electron chi connectivity index (χ2n) is 4.27. The van der Waals surface area contributed by atoms with Crippen molar-refractivity contribution in [3.8, 4) is 11.5 Å². The highest BCUT2D eigenvalue weighted by Gasteiger charge is 2.10. The number of aryl methyl sites for hydroxylation is 1. The summed E-state index contributed by atoms with van der Waals surface area (Å²) in [4.78, 5) is 0. The largest absolute Gasteiger partial charge is 0.455 e. The Labute approximate surface area is 117 Å². The third kappa shape index (κ3) is 3.25. The highest BCUT2D eigenvalue weighted by atomic mass is 35.5. The maximum Gasteiger partial charge on any atom is 0.150 e. The molecule has 0 aliphatic heterocycles. The number of hydrogen-bond donors (Lipinski definition) is 1. The van der Waals surface area contributed by atoms with Crippen molar-refractivity contribution in [2.75, 3.05) is 7.05 Å². The maximum atomic E-state index is 13.1. The lowest BCUT2D eigenvalue weighted by Crippen LogP contribution is -2.06. The molecule has 0 spiro atoms. The number of hydrogen-bond acceptors (Lipinski definition) is 2. The Balaban J connectivity index is 2.37. The van der Waals surface area contributed by atoms with E-state index in [1.807, 2.05) is 19.2 Å². The van der Waals surface area contributed by atoms with Crippen LogP contribution in [0.3, 0.4) is 0 Å². The van der Waals surface area contributed by atoms with Gasteiger partial charge in [-0.25, -0.2) is 4.39 Å². The molecular formula is C15H15ClFNO. The smallest absolute Gasteiger partial charge is 0.150 e. The molecule has 100 valence electrons. The van der Waals surface area contributed by atoms with Gasteiger partial charge < -0.3 is 10.1 Å². The van der Waals surface area contributed by atoms with Gasteiger partial charge in [0.15, 0.2) is 5.75 Å². The number of para-hydroxylation sites is 1. The average Bonchev–Trinajstić information content (AvgIpc) is 2.36. The third-order valence-corrected chi connectivity index (χ3v) is 3.06. The highest BCUT2D eigenvalue weighted by Crippen LogP contribution is 2.34. The van der Waals surface area contributed by atoms with Gasteiger partial charge in [-0.15, -0.1) is 0 Å². The van der Waals surface area contributed by atoms with Crippen molar-refractivity contribution < 1.29 is 9.13 Å². The van der Waals surface area contributed by atoms with E-state index in [0.29, 0.717) is 23.1 Å². The molecule has 0 atom stereocenters. The minimum atomic E-state index is -0.278. The van der Waals surface area contributed by atoms with Crippen molar-refractivity contribution in [3.05, 3.63) is 58.4 Å². The molecule has 0 saturated heterocycles. The van der Waals surface area contributed by atoms with Gasteiger partial charge in [-0.1, -0.05) is 23.7 Å². The summed E-state index contributed by atoms with van der Waals surface area (Å²) >= 11 is 6.17. The zero-order valence-corrected chi connectivity index (χ0v) is 11.6. The standard InChI is InChI=1S/C15H15ClFNO/c1-10-8-12(17)6-7-14(10)19-15-11(9-18-2)4-3-5-13(15)16/h3-8,18H,9H2,1-2H3. The first-order chi connectivity index (χ1) is 9.11. The van der Waals surface area contributed by atoms with Gasteiger partial charge in [-0.05, 0) is 43.8 Å². The monoisotopic (exact) mass is 279 g/mol. The van der Waals surface area contributed by atoms with Crippen LogP contribution in [0.2, 0.25) is 5.02 Å². The van der Waals surface area contributed by atoms with Gasteiger partial charge in [0, 0.05) is 12.1 Å². The molecule has 0 unspecified atom stereocenters. The van der Waals surface area contributed by atoms with Crippen LogP contribution >= 0.6 is 11.6 Å². The molecule has 0 saturated carbocycles. The van der Waals surface area contributed by atoms with E-state index in [-0.39, 0.29) is 5.82 Å². The van der Waals surface area contributed by atoms with Crippen LogP contribution in [0.4, 0.5) is 4.39 Å². The topological polar surface area (TPSA) is 21.3 Å². The molecular weight excluding hydrogens is 265 g/mol. The first-order valence-corrected chi connectivity index (χ1v) is 6.35. The number of benzene rings is 2. The van der Waals surface area contributed by atoms with E-state index in [1.165, 1.54) is 12.1 Å². The second kappa shape index (κ2) is 6.04. The second-order valence-corrected chi connectivity index (χ2v) is 4.68. The van der Waals surface area contributed by atoms with Crippen LogP contribution in [0.5, 0.6) is 11.5 Å². The number of nitrogens with one attached hydrogen (secondary N) is 1. The third-order valence-electron chi connectivity index (χ3n) is 2.76. The summed E-state index contributed by atoms with van der Waals surface area (Å²) < 4.78 is 18.9. The predicted octanol–water partition coefficient (Wildman–Crippen LogP) is 4.30. The first-order valence-electron chi connectivity index (χ1n) is 5.98. The molecule has 0 aliphatic carbocycles. The molecule has 4 heteroatoms. The number of ether oxygens (including phenoxy) is 1. The predicted molar refractivity (Wildman–Crippen MR) is 75.4 cm³/mol. The van der Waals surface area contributed by atoms with E-state index in [4.69, 9.17) is 16.3 Å². The van der Waals surface area contributed by atoms with Crippen LogP contribution in [0.1, 0.15) is 11.1 Å². The van der Waals surface area contributed by atoms with Gasteiger partial charge in [0.1, 0.15) is 11.6 Å². The fourth-order valence-electron chi connectivity index (χ4n) is 1.83. The van der Waals surface area contributed by atoms with Gasteiger partial charge in [0.25, 0.3) is 0 Å². The van der Waals surface area contributed by atoms with Crippen molar-refractivity contribution >= 4 is 11.6 Å². The summed E-state index contributed by atoms with van der Waals surface area (Å²) in [6, 6.07) is 10.0. The van der Waals surface area contributed by atoms with Crippen LogP contribution in [-0.4, -0.2) is 7.05 Å². The molecule has 1 N–H and O–H groups in total. The van der Waals surface area contributed by atoms with E-state index in [2.05, 4.69) is 5.32 Å². The minimum Gasteiger partial charge on any atom is -0.455 e. The van der Waals surface area contributed by atoms with E-state index in [1.54, 1.807) is 19.1 Å². The van der Waals surface area contributed by atoms with Crippen LogP contribution in [0.25, 0.3) is 0 Å². The lowest BCUT2D eigenvalue weighted by molar-refractivity contribution is 0.469. The molecule has 0 aromatic heterocycles. The van der Waals surface area contributed by atoms with Crippen molar-refractivity contribution in [3.63, 3.8) is 0 Å². The van der Waals surface area contributed by atoms with E-state index in [9.17, 15) is 4.39 Å². The fraction of sp³-hybridized carbons (Fsp3) is 0.200. The van der Waals surface area contributed by atoms with Gasteiger partial charge in [0.2, 0.25) is 0 Å². The first kappa shape index (κ1) is 13.8. The van der Waals surface area contributed by atoms with Crippen molar-refractivity contribution in [1.82, 2.24) is 5.32 Å². The molecule has 0 heterocycles. The average molecular weight is 280 g/mol. The number of rotatable bonds is 4. The summed E-state index contributed by atoms with van der Waals surface area (Å²) in [5.74, 6) is 0.930. The zero-order valence-electron chi connectivity index (χ0n) is 10.8. The van der Waals surface area contributed by atoms with Gasteiger partial charge in [0.05, 0.1) is 5.02 Å². The summed E-state index contributed by atoms with van der Waals surface area (Å²) in [6.07, 6.45) is 0. The molecule has 2 aromatic rings. The molecule has 0 bridgehead atoms. The number of halogens is 2. The molecule has 2 nitrogen and oxygen atoms in total. The Morgan fingerprint density at radius 3 is 2.74 bits per heavy atom. The summed E-state index contributed by atoms with van der Waals surface area (Å²) in [5.41, 5.74) is 1.69. The van der Waals surface area contributed by atoms with Crippen LogP contribution < -0.4 is 10.1 Å². The van der Waals surface area contributed by atoms with E-state index in [0.717, 1.165) is 11.1 Å². The molecule has 0 aliphatic rings. The quantitative estimate of drug-likeness (QED) is 0.901. The lowest BCUT2D eigenvalue weighted by Gasteiger charge is -2.14. The lowest BCUT2D eigenvalue weighted by atomic mass is 10.2. The molecule has 19 heavy (non-hydrogen) atoms. The summed E-state index contributed by atoms with van der Waals surface area (Å²) in [5, 5.41) is 3.60. The summed E-state index contributed by atoms with van der Waals surface area (Å²) in [7, 11) is 1.85. The Hall–Kier alpha value is -1.58. The van der Waals surface area contributed by atoms with Crippen LogP contribution in [0.15, 0.2) is 36.4 Å². The molecule has 0 fully saturated rings. The molecule has 0 amide bonds. The van der Waals surface area contributed by atoms with Gasteiger partial charge in [-0.3, -0.25) is 0 Å².